The molecule has 136 valence electrons. The fourth-order valence-electron chi connectivity index (χ4n) is 3.63. The van der Waals surface area contributed by atoms with Gasteiger partial charge >= 0.3 is 0 Å². The number of rotatable bonds is 5. The molecule has 0 saturated carbocycles. The van der Waals surface area contributed by atoms with E-state index < -0.39 is 0 Å². The van der Waals surface area contributed by atoms with E-state index in [1.165, 1.54) is 17.4 Å². The van der Waals surface area contributed by atoms with Gasteiger partial charge in [0.05, 0.1) is 11.5 Å². The lowest BCUT2D eigenvalue weighted by atomic mass is 10.0. The highest BCUT2D eigenvalue weighted by Gasteiger charge is 2.31. The molecule has 0 radical (unpaired) electrons. The van der Waals surface area contributed by atoms with Crippen LogP contribution in [0.25, 0.3) is 10.1 Å². The number of carbonyl (C=O) groups is 1. The molecular weight excluding hydrogens is 339 g/mol. The molecule has 1 aromatic heterocycles. The largest absolute Gasteiger partial charge is 0.380 e. The Kier molecular flexibility index (Phi) is 5.71. The number of benzene rings is 1. The van der Waals surface area contributed by atoms with E-state index in [9.17, 15) is 9.18 Å². The Hall–Kier alpha value is -1.50. The Balaban J connectivity index is 2.00. The first-order valence-corrected chi connectivity index (χ1v) is 9.49. The lowest BCUT2D eigenvalue weighted by Crippen LogP contribution is -2.48. The van der Waals surface area contributed by atoms with Crippen molar-refractivity contribution in [3.8, 4) is 0 Å². The highest BCUT2D eigenvalue weighted by molar-refractivity contribution is 7.21. The summed E-state index contributed by atoms with van der Waals surface area (Å²) in [6, 6.07) is 5.21. The van der Waals surface area contributed by atoms with E-state index in [0.717, 1.165) is 37.1 Å². The molecule has 2 heterocycles. The minimum absolute atomic E-state index is 0.0131. The minimum atomic E-state index is -0.289. The van der Waals surface area contributed by atoms with Crippen molar-refractivity contribution in [2.75, 3.05) is 34.3 Å². The number of thiophene rings is 1. The summed E-state index contributed by atoms with van der Waals surface area (Å²) < 4.78 is 20.4. The van der Waals surface area contributed by atoms with Crippen LogP contribution < -0.4 is 0 Å². The minimum Gasteiger partial charge on any atom is -0.380 e. The number of hydrogen-bond acceptors (Lipinski definition) is 4. The highest BCUT2D eigenvalue weighted by atomic mass is 32.1. The molecule has 0 spiro atoms. The van der Waals surface area contributed by atoms with Gasteiger partial charge < -0.3 is 14.5 Å². The first kappa shape index (κ1) is 18.3. The van der Waals surface area contributed by atoms with Gasteiger partial charge in [-0.2, -0.15) is 0 Å². The molecule has 0 N–H and O–H groups in total. The smallest absolute Gasteiger partial charge is 0.264 e. The molecule has 1 aliphatic rings. The van der Waals surface area contributed by atoms with E-state index in [-0.39, 0.29) is 24.4 Å². The predicted octanol–water partition coefficient (Wildman–Crippen LogP) is 3.74. The standard InChI is InChI=1S/C19H25FN2O2S/c1-21(2)11-13-7-4-5-10-22(13)19(23)18-14(12-24-3)17-15(20)8-6-9-16(17)25-18/h6,8-9,13H,4-5,7,10-12H2,1-3H3. The second-order valence-electron chi connectivity index (χ2n) is 6.87. The molecule has 0 bridgehead atoms. The number of carbonyl (C=O) groups excluding carboxylic acids is 1. The van der Waals surface area contributed by atoms with Crippen LogP contribution in [0.15, 0.2) is 18.2 Å². The Bertz CT molecular complexity index is 759. The third kappa shape index (κ3) is 3.71. The van der Waals surface area contributed by atoms with Gasteiger partial charge in [-0.15, -0.1) is 11.3 Å². The number of amides is 1. The maximum absolute atomic E-state index is 14.4. The van der Waals surface area contributed by atoms with Gasteiger partial charge in [-0.05, 0) is 45.5 Å². The summed E-state index contributed by atoms with van der Waals surface area (Å²) in [6.07, 6.45) is 3.19. The van der Waals surface area contributed by atoms with Gasteiger partial charge in [0.25, 0.3) is 5.91 Å². The summed E-state index contributed by atoms with van der Waals surface area (Å²) in [7, 11) is 5.64. The first-order valence-electron chi connectivity index (χ1n) is 8.67. The number of nitrogens with zero attached hydrogens (tertiary/aromatic N) is 2. The monoisotopic (exact) mass is 364 g/mol. The van der Waals surface area contributed by atoms with Crippen molar-refractivity contribution >= 4 is 27.3 Å². The van der Waals surface area contributed by atoms with Crippen LogP contribution in [0.2, 0.25) is 0 Å². The van der Waals surface area contributed by atoms with Gasteiger partial charge in [0.1, 0.15) is 5.82 Å². The summed E-state index contributed by atoms with van der Waals surface area (Å²) in [5, 5.41) is 0.527. The Morgan fingerprint density at radius 2 is 2.20 bits per heavy atom. The Morgan fingerprint density at radius 1 is 1.40 bits per heavy atom. The number of ether oxygens (including phenoxy) is 1. The van der Waals surface area contributed by atoms with Crippen LogP contribution in [0.3, 0.4) is 0 Å². The quantitative estimate of drug-likeness (QED) is 0.810. The molecule has 1 unspecified atom stereocenters. The fourth-order valence-corrected chi connectivity index (χ4v) is 4.81. The van der Waals surface area contributed by atoms with Crippen LogP contribution in [-0.2, 0) is 11.3 Å². The van der Waals surface area contributed by atoms with Crippen LogP contribution >= 0.6 is 11.3 Å². The summed E-state index contributed by atoms with van der Waals surface area (Å²) in [4.78, 5) is 18.0. The molecule has 4 nitrogen and oxygen atoms in total. The Labute approximate surface area is 152 Å². The highest BCUT2D eigenvalue weighted by Crippen LogP contribution is 2.35. The molecule has 2 aromatic rings. The van der Waals surface area contributed by atoms with Crippen LogP contribution in [0.5, 0.6) is 0 Å². The van der Waals surface area contributed by atoms with E-state index in [1.807, 2.05) is 25.1 Å². The number of hydrogen-bond donors (Lipinski definition) is 0. The molecule has 1 amide bonds. The number of likely N-dealkylation sites (N-methyl/N-ethyl adjacent to an activating group) is 1. The summed E-state index contributed by atoms with van der Waals surface area (Å²) in [5.41, 5.74) is 0.680. The van der Waals surface area contributed by atoms with Gasteiger partial charge in [-0.1, -0.05) is 6.07 Å². The predicted molar refractivity (Wildman–Crippen MR) is 99.7 cm³/mol. The van der Waals surface area contributed by atoms with Gasteiger partial charge in [-0.3, -0.25) is 4.79 Å². The first-order chi connectivity index (χ1) is 12.0. The van der Waals surface area contributed by atoms with Gasteiger partial charge in [-0.25, -0.2) is 4.39 Å². The second kappa shape index (κ2) is 7.81. The van der Waals surface area contributed by atoms with Crippen molar-refractivity contribution in [3.63, 3.8) is 0 Å². The van der Waals surface area contributed by atoms with E-state index in [4.69, 9.17) is 4.74 Å². The van der Waals surface area contributed by atoms with E-state index in [2.05, 4.69) is 4.90 Å². The molecule has 3 rings (SSSR count). The van der Waals surface area contributed by atoms with Gasteiger partial charge in [0.15, 0.2) is 0 Å². The number of methoxy groups -OCH3 is 1. The molecule has 1 fully saturated rings. The number of fused-ring (bicyclic) bond motifs is 1. The molecule has 0 aliphatic carbocycles. The van der Waals surface area contributed by atoms with Crippen molar-refractivity contribution in [3.05, 3.63) is 34.5 Å². The Morgan fingerprint density at radius 3 is 2.92 bits per heavy atom. The van der Waals surface area contributed by atoms with Crippen molar-refractivity contribution < 1.29 is 13.9 Å². The third-order valence-electron chi connectivity index (χ3n) is 4.71. The van der Waals surface area contributed by atoms with Crippen molar-refractivity contribution in [2.24, 2.45) is 0 Å². The molecule has 6 heteroatoms. The molecule has 1 saturated heterocycles. The maximum atomic E-state index is 14.4. The number of halogens is 1. The average Bonchev–Trinajstić information content (AvgIpc) is 2.94. The van der Waals surface area contributed by atoms with Gasteiger partial charge in [0.2, 0.25) is 0 Å². The van der Waals surface area contributed by atoms with E-state index >= 15 is 0 Å². The topological polar surface area (TPSA) is 32.8 Å². The van der Waals surface area contributed by atoms with Crippen molar-refractivity contribution in [1.82, 2.24) is 9.80 Å². The fraction of sp³-hybridized carbons (Fsp3) is 0.526. The molecule has 1 atom stereocenters. The maximum Gasteiger partial charge on any atom is 0.264 e. The van der Waals surface area contributed by atoms with Gasteiger partial charge in [0, 0.05) is 41.9 Å². The van der Waals surface area contributed by atoms with Crippen LogP contribution in [-0.4, -0.2) is 56.0 Å². The van der Waals surface area contributed by atoms with E-state index in [0.29, 0.717) is 15.8 Å². The lowest BCUT2D eigenvalue weighted by molar-refractivity contribution is 0.0576. The molecular formula is C19H25FN2O2S. The third-order valence-corrected chi connectivity index (χ3v) is 5.90. The summed E-state index contributed by atoms with van der Waals surface area (Å²) in [5.74, 6) is -0.275. The van der Waals surface area contributed by atoms with E-state index in [1.54, 1.807) is 13.2 Å². The second-order valence-corrected chi connectivity index (χ2v) is 7.92. The lowest BCUT2D eigenvalue weighted by Gasteiger charge is -2.37. The number of likely N-dealkylation sites (tertiary alicyclic amines) is 1. The zero-order chi connectivity index (χ0) is 18.0. The molecule has 1 aliphatic heterocycles. The van der Waals surface area contributed by atoms with Crippen LogP contribution in [0.1, 0.15) is 34.5 Å². The molecule has 25 heavy (non-hydrogen) atoms. The van der Waals surface area contributed by atoms with Crippen molar-refractivity contribution in [2.45, 2.75) is 31.9 Å². The van der Waals surface area contributed by atoms with Crippen LogP contribution in [0.4, 0.5) is 4.39 Å². The zero-order valence-corrected chi connectivity index (χ0v) is 15.9. The number of piperidine rings is 1. The molecule has 1 aromatic carbocycles. The van der Waals surface area contributed by atoms with Crippen LogP contribution in [0, 0.1) is 5.82 Å². The summed E-state index contributed by atoms with van der Waals surface area (Å²) >= 11 is 1.38. The van der Waals surface area contributed by atoms with Crippen molar-refractivity contribution in [1.29, 1.82) is 0 Å². The normalized spacial score (nSPS) is 18.3. The zero-order valence-electron chi connectivity index (χ0n) is 15.0. The summed E-state index contributed by atoms with van der Waals surface area (Å²) in [6.45, 7) is 1.86. The average molecular weight is 364 g/mol. The SMILES string of the molecule is COCc1c(C(=O)N2CCCCC2CN(C)C)sc2cccc(F)c12.